The van der Waals surface area contributed by atoms with Crippen molar-refractivity contribution in [3.8, 4) is 0 Å². The predicted molar refractivity (Wildman–Crippen MR) is 73.0 cm³/mol. The lowest BCUT2D eigenvalue weighted by molar-refractivity contribution is 0.164. The van der Waals surface area contributed by atoms with Crippen molar-refractivity contribution in [1.82, 2.24) is 24.6 Å². The van der Waals surface area contributed by atoms with E-state index in [1.807, 2.05) is 16.7 Å². The lowest BCUT2D eigenvalue weighted by Crippen LogP contribution is -2.49. The third kappa shape index (κ3) is 2.63. The number of nitrogens with one attached hydrogen (secondary N) is 1. The number of hydrogen-bond acceptors (Lipinski definition) is 4. The van der Waals surface area contributed by atoms with Gasteiger partial charge in [-0.15, -0.1) is 12.4 Å². The fourth-order valence-corrected chi connectivity index (χ4v) is 2.28. The van der Waals surface area contributed by atoms with Crippen molar-refractivity contribution in [2.24, 2.45) is 0 Å². The van der Waals surface area contributed by atoms with Gasteiger partial charge in [-0.1, -0.05) is 0 Å². The molecule has 0 saturated carbocycles. The van der Waals surface area contributed by atoms with Crippen LogP contribution in [0.2, 0.25) is 0 Å². The van der Waals surface area contributed by atoms with Gasteiger partial charge in [-0.25, -0.2) is 9.97 Å². The molecule has 0 spiro atoms. The quantitative estimate of drug-likeness (QED) is 0.880. The van der Waals surface area contributed by atoms with Crippen molar-refractivity contribution in [2.75, 3.05) is 19.6 Å². The number of halogens is 1. The van der Waals surface area contributed by atoms with Crippen LogP contribution in [-0.2, 0) is 6.54 Å². The maximum absolute atomic E-state index is 4.53. The fourth-order valence-electron chi connectivity index (χ4n) is 2.28. The average molecular weight is 268 g/mol. The van der Waals surface area contributed by atoms with Crippen LogP contribution in [0.15, 0.2) is 24.7 Å². The van der Waals surface area contributed by atoms with Crippen LogP contribution in [0.3, 0.4) is 0 Å². The first-order valence-electron chi connectivity index (χ1n) is 6.06. The Hall–Kier alpha value is -1.17. The van der Waals surface area contributed by atoms with Crippen molar-refractivity contribution in [1.29, 1.82) is 0 Å². The van der Waals surface area contributed by atoms with Crippen LogP contribution >= 0.6 is 12.4 Å². The smallest absolute Gasteiger partial charge is 0.233 e. The lowest BCUT2D eigenvalue weighted by Gasteiger charge is -2.33. The van der Waals surface area contributed by atoms with E-state index in [1.165, 1.54) is 0 Å². The van der Waals surface area contributed by atoms with Gasteiger partial charge in [-0.3, -0.25) is 9.30 Å². The van der Waals surface area contributed by atoms with Crippen LogP contribution in [0.4, 0.5) is 0 Å². The number of rotatable bonds is 2. The van der Waals surface area contributed by atoms with E-state index < -0.39 is 0 Å². The molecule has 1 saturated heterocycles. The Kier molecular flexibility index (Phi) is 4.16. The second kappa shape index (κ2) is 5.65. The van der Waals surface area contributed by atoms with Crippen molar-refractivity contribution >= 4 is 18.2 Å². The molecule has 2 aromatic rings. The van der Waals surface area contributed by atoms with Gasteiger partial charge in [0.05, 0.1) is 5.69 Å². The van der Waals surface area contributed by atoms with Crippen LogP contribution in [0.5, 0.6) is 0 Å². The molecule has 1 N–H and O–H groups in total. The summed E-state index contributed by atoms with van der Waals surface area (Å²) >= 11 is 0. The van der Waals surface area contributed by atoms with Crippen molar-refractivity contribution in [2.45, 2.75) is 19.5 Å². The van der Waals surface area contributed by atoms with Crippen LogP contribution in [0, 0.1) is 0 Å². The second-order valence-corrected chi connectivity index (χ2v) is 4.58. The summed E-state index contributed by atoms with van der Waals surface area (Å²) in [6.07, 6.45) is 5.83. The number of hydrogen-bond donors (Lipinski definition) is 1. The highest BCUT2D eigenvalue weighted by Gasteiger charge is 2.18. The zero-order valence-electron chi connectivity index (χ0n) is 10.4. The molecule has 0 bridgehead atoms. The Bertz CT molecular complexity index is 479. The van der Waals surface area contributed by atoms with Crippen LogP contribution < -0.4 is 5.32 Å². The predicted octanol–water partition coefficient (Wildman–Crippen LogP) is 0.945. The third-order valence-electron chi connectivity index (χ3n) is 3.29. The maximum atomic E-state index is 4.53. The van der Waals surface area contributed by atoms with E-state index in [0.717, 1.165) is 37.7 Å². The highest BCUT2D eigenvalue weighted by molar-refractivity contribution is 5.85. The molecule has 0 unspecified atom stereocenters. The largest absolute Gasteiger partial charge is 0.314 e. The Morgan fingerprint density at radius 1 is 1.50 bits per heavy atom. The Balaban J connectivity index is 0.00000120. The molecule has 0 amide bonds. The zero-order valence-corrected chi connectivity index (χ0v) is 11.2. The topological polar surface area (TPSA) is 45.5 Å². The van der Waals surface area contributed by atoms with Crippen LogP contribution in [-0.4, -0.2) is 44.9 Å². The van der Waals surface area contributed by atoms with Gasteiger partial charge < -0.3 is 5.32 Å². The van der Waals surface area contributed by atoms with E-state index in [1.54, 1.807) is 6.20 Å². The first kappa shape index (κ1) is 13.3. The Morgan fingerprint density at radius 3 is 3.17 bits per heavy atom. The van der Waals surface area contributed by atoms with E-state index in [-0.39, 0.29) is 12.4 Å². The fraction of sp³-hybridized carbons (Fsp3) is 0.500. The summed E-state index contributed by atoms with van der Waals surface area (Å²) in [6, 6.07) is 2.49. The van der Waals surface area contributed by atoms with E-state index in [0.29, 0.717) is 6.04 Å². The Labute approximate surface area is 113 Å². The van der Waals surface area contributed by atoms with Gasteiger partial charge in [-0.2, -0.15) is 0 Å². The summed E-state index contributed by atoms with van der Waals surface area (Å²) in [5.41, 5.74) is 1.09. The van der Waals surface area contributed by atoms with E-state index in [9.17, 15) is 0 Å². The molecule has 2 aromatic heterocycles. The van der Waals surface area contributed by atoms with Crippen LogP contribution in [0.1, 0.15) is 12.6 Å². The Morgan fingerprint density at radius 2 is 2.39 bits per heavy atom. The molecule has 5 nitrogen and oxygen atoms in total. The number of imidazole rings is 1. The summed E-state index contributed by atoms with van der Waals surface area (Å²) < 4.78 is 1.97. The van der Waals surface area contributed by atoms with Crippen molar-refractivity contribution in [3.05, 3.63) is 30.4 Å². The highest BCUT2D eigenvalue weighted by atomic mass is 35.5. The number of piperazine rings is 1. The summed E-state index contributed by atoms with van der Waals surface area (Å²) in [7, 11) is 0. The average Bonchev–Trinajstić information content (AvgIpc) is 2.74. The molecule has 1 aliphatic rings. The minimum Gasteiger partial charge on any atom is -0.314 e. The van der Waals surface area contributed by atoms with Gasteiger partial charge in [-0.05, 0) is 13.0 Å². The number of aromatic nitrogens is 3. The molecule has 0 aliphatic carbocycles. The summed E-state index contributed by atoms with van der Waals surface area (Å²) in [5, 5.41) is 3.40. The first-order valence-corrected chi connectivity index (χ1v) is 6.06. The molecule has 1 aliphatic heterocycles. The summed E-state index contributed by atoms with van der Waals surface area (Å²) in [6.45, 7) is 6.37. The third-order valence-corrected chi connectivity index (χ3v) is 3.29. The minimum atomic E-state index is 0. The number of fused-ring (bicyclic) bond motifs is 1. The lowest BCUT2D eigenvalue weighted by atomic mass is 10.2. The SMILES string of the molecule is C[C@@H]1CNCCN1Cc1cn2cccnc2n1.Cl. The van der Waals surface area contributed by atoms with E-state index >= 15 is 0 Å². The molecule has 0 radical (unpaired) electrons. The normalized spacial score (nSPS) is 20.8. The maximum Gasteiger partial charge on any atom is 0.233 e. The molecule has 6 heteroatoms. The standard InChI is InChI=1S/C12H17N5.ClH/c1-10-7-13-4-6-16(10)8-11-9-17-5-2-3-14-12(17)15-11;/h2-3,5,9-10,13H,4,6-8H2,1H3;1H/t10-;/m1./s1. The van der Waals surface area contributed by atoms with E-state index in [4.69, 9.17) is 0 Å². The minimum absolute atomic E-state index is 0. The molecule has 98 valence electrons. The summed E-state index contributed by atoms with van der Waals surface area (Å²) in [5.74, 6) is 0.783. The van der Waals surface area contributed by atoms with Crippen molar-refractivity contribution < 1.29 is 0 Å². The molecular formula is C12H18ClN5. The molecule has 0 aromatic carbocycles. The molecule has 18 heavy (non-hydrogen) atoms. The van der Waals surface area contributed by atoms with E-state index in [2.05, 4.69) is 33.3 Å². The summed E-state index contributed by atoms with van der Waals surface area (Å²) in [4.78, 5) is 11.2. The highest BCUT2D eigenvalue weighted by Crippen LogP contribution is 2.09. The zero-order chi connectivity index (χ0) is 11.7. The molecule has 3 heterocycles. The van der Waals surface area contributed by atoms with Gasteiger partial charge in [0.15, 0.2) is 0 Å². The second-order valence-electron chi connectivity index (χ2n) is 4.58. The molecule has 1 atom stereocenters. The van der Waals surface area contributed by atoms with Gasteiger partial charge >= 0.3 is 0 Å². The van der Waals surface area contributed by atoms with Gasteiger partial charge in [0, 0.05) is 50.8 Å². The molecule has 3 rings (SSSR count). The van der Waals surface area contributed by atoms with Gasteiger partial charge in [0.2, 0.25) is 5.78 Å². The molecular weight excluding hydrogens is 250 g/mol. The molecule has 1 fully saturated rings. The monoisotopic (exact) mass is 267 g/mol. The van der Waals surface area contributed by atoms with Gasteiger partial charge in [0.25, 0.3) is 0 Å². The van der Waals surface area contributed by atoms with Crippen LogP contribution in [0.25, 0.3) is 5.78 Å². The van der Waals surface area contributed by atoms with Gasteiger partial charge in [0.1, 0.15) is 0 Å². The number of nitrogens with zero attached hydrogens (tertiary/aromatic N) is 4. The first-order chi connectivity index (χ1) is 8.33. The van der Waals surface area contributed by atoms with Crippen molar-refractivity contribution in [3.63, 3.8) is 0 Å².